The van der Waals surface area contributed by atoms with Crippen LogP contribution < -0.4 is 5.43 Å². The Morgan fingerprint density at radius 2 is 1.76 bits per heavy atom. The van der Waals surface area contributed by atoms with E-state index in [4.69, 9.17) is 23.2 Å². The molecule has 2 aromatic rings. The van der Waals surface area contributed by atoms with Gasteiger partial charge in [0, 0.05) is 10.5 Å². The zero-order valence-electron chi connectivity index (χ0n) is 10.9. The number of carbonyl (C=O) groups is 1. The second-order valence-corrected chi connectivity index (χ2v) is 5.89. The molecule has 0 radical (unpaired) electrons. The number of halogens is 2. The molecule has 108 valence electrons. The summed E-state index contributed by atoms with van der Waals surface area (Å²) >= 11 is 13.4. The average molecular weight is 339 g/mol. The van der Waals surface area contributed by atoms with Crippen LogP contribution in [0.25, 0.3) is 0 Å². The number of amides is 1. The summed E-state index contributed by atoms with van der Waals surface area (Å²) in [4.78, 5) is 12.7. The van der Waals surface area contributed by atoms with E-state index in [1.54, 1.807) is 18.2 Å². The van der Waals surface area contributed by atoms with E-state index < -0.39 is 0 Å². The lowest BCUT2D eigenvalue weighted by Gasteiger charge is -2.02. The summed E-state index contributed by atoms with van der Waals surface area (Å²) in [5.41, 5.74) is 3.03. The molecule has 1 amide bonds. The highest BCUT2D eigenvalue weighted by molar-refractivity contribution is 8.00. The SMILES string of the molecule is O=C(CSc1ccccc1)N/N=C\c1c(Cl)cccc1Cl. The summed E-state index contributed by atoms with van der Waals surface area (Å²) < 4.78 is 0. The van der Waals surface area contributed by atoms with Gasteiger partial charge < -0.3 is 0 Å². The highest BCUT2D eigenvalue weighted by Gasteiger charge is 2.03. The van der Waals surface area contributed by atoms with E-state index in [1.807, 2.05) is 30.3 Å². The Labute approximate surface area is 137 Å². The topological polar surface area (TPSA) is 41.5 Å². The monoisotopic (exact) mass is 338 g/mol. The first kappa shape index (κ1) is 15.9. The molecule has 0 aliphatic carbocycles. The van der Waals surface area contributed by atoms with Crippen LogP contribution in [-0.2, 0) is 4.79 Å². The van der Waals surface area contributed by atoms with Gasteiger partial charge in [0.2, 0.25) is 5.91 Å². The van der Waals surface area contributed by atoms with E-state index in [-0.39, 0.29) is 11.7 Å². The van der Waals surface area contributed by atoms with Gasteiger partial charge in [0.05, 0.1) is 22.0 Å². The fourth-order valence-corrected chi connectivity index (χ4v) is 2.71. The fourth-order valence-electron chi connectivity index (χ4n) is 1.50. The van der Waals surface area contributed by atoms with Crippen molar-refractivity contribution in [1.82, 2.24) is 5.43 Å². The Morgan fingerprint density at radius 1 is 1.10 bits per heavy atom. The predicted octanol–water partition coefficient (Wildman–Crippen LogP) is 4.24. The lowest BCUT2D eigenvalue weighted by atomic mass is 10.2. The highest BCUT2D eigenvalue weighted by atomic mass is 35.5. The van der Waals surface area contributed by atoms with Gasteiger partial charge in [0.25, 0.3) is 0 Å². The molecule has 2 rings (SSSR count). The summed E-state index contributed by atoms with van der Waals surface area (Å²) in [7, 11) is 0. The molecule has 0 bridgehead atoms. The maximum atomic E-state index is 11.7. The van der Waals surface area contributed by atoms with Crippen molar-refractivity contribution < 1.29 is 4.79 Å². The summed E-state index contributed by atoms with van der Waals surface area (Å²) in [6, 6.07) is 14.9. The molecule has 0 aliphatic heterocycles. The average Bonchev–Trinajstić information content (AvgIpc) is 2.49. The van der Waals surface area contributed by atoms with Crippen molar-refractivity contribution in [2.75, 3.05) is 5.75 Å². The smallest absolute Gasteiger partial charge is 0.250 e. The van der Waals surface area contributed by atoms with Gasteiger partial charge in [-0.2, -0.15) is 5.10 Å². The third-order valence-corrected chi connectivity index (χ3v) is 4.17. The molecule has 0 fully saturated rings. The van der Waals surface area contributed by atoms with Crippen molar-refractivity contribution in [2.45, 2.75) is 4.90 Å². The summed E-state index contributed by atoms with van der Waals surface area (Å²) in [6.45, 7) is 0. The van der Waals surface area contributed by atoms with Crippen LogP contribution in [0, 0.1) is 0 Å². The van der Waals surface area contributed by atoms with Gasteiger partial charge in [0.1, 0.15) is 0 Å². The molecular formula is C15H12Cl2N2OS. The number of hydrogen-bond acceptors (Lipinski definition) is 3. The maximum Gasteiger partial charge on any atom is 0.250 e. The molecule has 3 nitrogen and oxygen atoms in total. The normalized spacial score (nSPS) is 10.8. The second-order valence-electron chi connectivity index (χ2n) is 4.03. The van der Waals surface area contributed by atoms with Gasteiger partial charge in [0.15, 0.2) is 0 Å². The zero-order chi connectivity index (χ0) is 15.1. The minimum Gasteiger partial charge on any atom is -0.272 e. The number of hydrazone groups is 1. The van der Waals surface area contributed by atoms with Crippen LogP contribution in [0.15, 0.2) is 58.5 Å². The molecule has 21 heavy (non-hydrogen) atoms. The zero-order valence-corrected chi connectivity index (χ0v) is 13.3. The molecule has 2 aromatic carbocycles. The van der Waals surface area contributed by atoms with E-state index in [1.165, 1.54) is 18.0 Å². The molecule has 0 spiro atoms. The molecule has 0 aromatic heterocycles. The van der Waals surface area contributed by atoms with Crippen molar-refractivity contribution in [3.8, 4) is 0 Å². The third-order valence-electron chi connectivity index (χ3n) is 2.50. The lowest BCUT2D eigenvalue weighted by molar-refractivity contribution is -0.118. The first-order chi connectivity index (χ1) is 10.2. The van der Waals surface area contributed by atoms with E-state index in [9.17, 15) is 4.79 Å². The molecule has 0 saturated carbocycles. The summed E-state index contributed by atoms with van der Waals surface area (Å²) in [5.74, 6) is 0.0979. The van der Waals surface area contributed by atoms with E-state index in [2.05, 4.69) is 10.5 Å². The van der Waals surface area contributed by atoms with E-state index in [0.717, 1.165) is 4.90 Å². The van der Waals surface area contributed by atoms with Crippen molar-refractivity contribution in [2.24, 2.45) is 5.10 Å². The van der Waals surface area contributed by atoms with Crippen molar-refractivity contribution in [3.63, 3.8) is 0 Å². The van der Waals surface area contributed by atoms with Gasteiger partial charge >= 0.3 is 0 Å². The van der Waals surface area contributed by atoms with Gasteiger partial charge in [-0.25, -0.2) is 5.43 Å². The maximum absolute atomic E-state index is 11.7. The Hall–Kier alpha value is -1.49. The quantitative estimate of drug-likeness (QED) is 0.503. The summed E-state index contributed by atoms with van der Waals surface area (Å²) in [6.07, 6.45) is 1.44. The number of nitrogens with zero attached hydrogens (tertiary/aromatic N) is 1. The minimum absolute atomic E-state index is 0.191. The van der Waals surface area contributed by atoms with Gasteiger partial charge in [-0.05, 0) is 24.3 Å². The van der Waals surface area contributed by atoms with Crippen LogP contribution in [0.2, 0.25) is 10.0 Å². The standard InChI is InChI=1S/C15H12Cl2N2OS/c16-13-7-4-8-14(17)12(13)9-18-19-15(20)10-21-11-5-2-1-3-6-11/h1-9H,10H2,(H,19,20)/b18-9-. The number of benzene rings is 2. The Bertz CT molecular complexity index is 627. The molecule has 0 saturated heterocycles. The molecule has 6 heteroatoms. The Morgan fingerprint density at radius 3 is 2.43 bits per heavy atom. The molecule has 0 aliphatic rings. The number of carbonyl (C=O) groups excluding carboxylic acids is 1. The second kappa shape index (κ2) is 8.08. The number of thioether (sulfide) groups is 1. The fraction of sp³-hybridized carbons (Fsp3) is 0.0667. The third kappa shape index (κ3) is 5.08. The molecule has 1 N–H and O–H groups in total. The van der Waals surface area contributed by atoms with Crippen molar-refractivity contribution in [3.05, 3.63) is 64.1 Å². The Balaban J connectivity index is 1.85. The summed E-state index contributed by atoms with van der Waals surface area (Å²) in [5, 5.41) is 4.84. The van der Waals surface area contributed by atoms with Gasteiger partial charge in [-0.1, -0.05) is 47.5 Å². The van der Waals surface area contributed by atoms with E-state index in [0.29, 0.717) is 15.6 Å². The van der Waals surface area contributed by atoms with Gasteiger partial charge in [-0.15, -0.1) is 11.8 Å². The molecule has 0 atom stereocenters. The predicted molar refractivity (Wildman–Crippen MR) is 89.4 cm³/mol. The number of rotatable bonds is 5. The van der Waals surface area contributed by atoms with Crippen LogP contribution in [0.1, 0.15) is 5.56 Å². The minimum atomic E-state index is -0.191. The van der Waals surface area contributed by atoms with Crippen molar-refractivity contribution in [1.29, 1.82) is 0 Å². The van der Waals surface area contributed by atoms with Crippen LogP contribution in [0.4, 0.5) is 0 Å². The van der Waals surface area contributed by atoms with E-state index >= 15 is 0 Å². The van der Waals surface area contributed by atoms with Crippen LogP contribution in [0.5, 0.6) is 0 Å². The Kier molecular flexibility index (Phi) is 6.11. The molecule has 0 unspecified atom stereocenters. The van der Waals surface area contributed by atoms with Crippen LogP contribution >= 0.6 is 35.0 Å². The van der Waals surface area contributed by atoms with Crippen molar-refractivity contribution >= 4 is 47.1 Å². The van der Waals surface area contributed by atoms with Crippen LogP contribution in [0.3, 0.4) is 0 Å². The number of hydrogen-bond donors (Lipinski definition) is 1. The molecular weight excluding hydrogens is 327 g/mol. The lowest BCUT2D eigenvalue weighted by Crippen LogP contribution is -2.19. The largest absolute Gasteiger partial charge is 0.272 e. The molecule has 0 heterocycles. The highest BCUT2D eigenvalue weighted by Crippen LogP contribution is 2.22. The number of nitrogens with one attached hydrogen (secondary N) is 1. The first-order valence-electron chi connectivity index (χ1n) is 6.10. The van der Waals surface area contributed by atoms with Crippen LogP contribution in [-0.4, -0.2) is 17.9 Å². The van der Waals surface area contributed by atoms with Gasteiger partial charge in [-0.3, -0.25) is 4.79 Å². The first-order valence-corrected chi connectivity index (χ1v) is 7.85.